The van der Waals surface area contributed by atoms with Gasteiger partial charge in [0.15, 0.2) is 0 Å². The minimum Gasteiger partial charge on any atom is -0.870 e. The minimum absolute atomic E-state index is 0. The van der Waals surface area contributed by atoms with Crippen LogP contribution in [0.15, 0.2) is 48.5 Å². The number of carboxylic acids is 2. The topological polar surface area (TPSA) is 165 Å². The van der Waals surface area contributed by atoms with Gasteiger partial charge in [0.2, 0.25) is 0 Å². The number of carbonyl (C=O) groups is 2. The summed E-state index contributed by atoms with van der Waals surface area (Å²) in [5.41, 5.74) is 4.40. The van der Waals surface area contributed by atoms with Gasteiger partial charge in [0.05, 0.1) is 11.8 Å². The molecule has 0 saturated heterocycles. The monoisotopic (exact) mass is 490 g/mol. The molecule has 5 N–H and O–H groups in total. The van der Waals surface area contributed by atoms with Crippen LogP contribution in [0.3, 0.4) is 0 Å². The Kier molecular flexibility index (Phi) is 18.0. The third kappa shape index (κ3) is 11.8. The van der Waals surface area contributed by atoms with Crippen molar-refractivity contribution in [3.63, 3.8) is 0 Å². The SMILES string of the molecule is CC(C(=O)O)c1ccc(C(C)(C)C)cc1.CC(C(=O)O)c1ccc(C(C)(C)C)cc1.[Al+3].[OH-].[OH-].[OH-]. The first-order valence-corrected chi connectivity index (χ1v) is 10.3. The van der Waals surface area contributed by atoms with Crippen LogP contribution in [-0.2, 0) is 20.4 Å². The zero-order valence-electron chi connectivity index (χ0n) is 21.4. The summed E-state index contributed by atoms with van der Waals surface area (Å²) in [7, 11) is 0. The largest absolute Gasteiger partial charge is 3.00 e. The number of aliphatic carboxylic acids is 2. The first-order chi connectivity index (χ1) is 13.6. The summed E-state index contributed by atoms with van der Waals surface area (Å²) in [5, 5.41) is 17.7. The Balaban J connectivity index is -0.000000237. The summed E-state index contributed by atoms with van der Waals surface area (Å²) in [4.78, 5) is 21.6. The zero-order valence-corrected chi connectivity index (χ0v) is 22.6. The van der Waals surface area contributed by atoms with Crippen LogP contribution in [0, 0.1) is 0 Å². The van der Waals surface area contributed by atoms with Crippen molar-refractivity contribution in [1.82, 2.24) is 0 Å². The summed E-state index contributed by atoms with van der Waals surface area (Å²) in [6.45, 7) is 16.3. The molecule has 0 aliphatic carbocycles. The van der Waals surface area contributed by atoms with Crippen molar-refractivity contribution in [3.05, 3.63) is 70.8 Å². The van der Waals surface area contributed by atoms with E-state index >= 15 is 0 Å². The van der Waals surface area contributed by atoms with Gasteiger partial charge in [-0.2, -0.15) is 0 Å². The number of hydrogen-bond donors (Lipinski definition) is 2. The average Bonchev–Trinajstić information content (AvgIpc) is 2.66. The average molecular weight is 491 g/mol. The van der Waals surface area contributed by atoms with E-state index in [9.17, 15) is 9.59 Å². The van der Waals surface area contributed by atoms with Gasteiger partial charge in [0.1, 0.15) is 0 Å². The zero-order chi connectivity index (χ0) is 23.3. The van der Waals surface area contributed by atoms with E-state index < -0.39 is 23.8 Å². The Hall–Kier alpha value is -2.21. The van der Waals surface area contributed by atoms with E-state index in [1.54, 1.807) is 13.8 Å². The van der Waals surface area contributed by atoms with Gasteiger partial charge < -0.3 is 26.6 Å². The summed E-state index contributed by atoms with van der Waals surface area (Å²) in [6.07, 6.45) is 0. The van der Waals surface area contributed by atoms with Gasteiger partial charge in [-0.05, 0) is 46.9 Å². The molecule has 0 heterocycles. The smallest absolute Gasteiger partial charge is 0.870 e. The normalized spacial score (nSPS) is 12.0. The molecule has 7 nitrogen and oxygen atoms in total. The van der Waals surface area contributed by atoms with Crippen molar-refractivity contribution in [1.29, 1.82) is 0 Å². The molecule has 0 aromatic heterocycles. The molecular formula is C26H39AlO7. The van der Waals surface area contributed by atoms with E-state index in [0.717, 1.165) is 11.1 Å². The fourth-order valence-corrected chi connectivity index (χ4v) is 2.83. The number of benzene rings is 2. The summed E-state index contributed by atoms with van der Waals surface area (Å²) < 4.78 is 0. The second-order valence-corrected chi connectivity index (χ2v) is 9.86. The Morgan fingerprint density at radius 3 is 0.941 bits per heavy atom. The van der Waals surface area contributed by atoms with Crippen LogP contribution in [0.25, 0.3) is 0 Å². The quantitative estimate of drug-likeness (QED) is 0.539. The van der Waals surface area contributed by atoms with E-state index in [-0.39, 0.29) is 44.6 Å². The predicted molar refractivity (Wildman–Crippen MR) is 134 cm³/mol. The summed E-state index contributed by atoms with van der Waals surface area (Å²) >= 11 is 0. The first-order valence-electron chi connectivity index (χ1n) is 10.3. The second-order valence-electron chi connectivity index (χ2n) is 9.86. The molecule has 0 radical (unpaired) electrons. The van der Waals surface area contributed by atoms with E-state index in [1.165, 1.54) is 11.1 Å². The third-order valence-electron chi connectivity index (χ3n) is 5.29. The molecule has 0 spiro atoms. The Labute approximate surface area is 214 Å². The Morgan fingerprint density at radius 1 is 0.588 bits per heavy atom. The molecule has 2 atom stereocenters. The molecule has 2 unspecified atom stereocenters. The van der Waals surface area contributed by atoms with E-state index in [0.29, 0.717) is 0 Å². The van der Waals surface area contributed by atoms with Crippen LogP contribution in [-0.4, -0.2) is 55.9 Å². The van der Waals surface area contributed by atoms with Crippen molar-refractivity contribution in [2.75, 3.05) is 0 Å². The fourth-order valence-electron chi connectivity index (χ4n) is 2.83. The molecule has 0 aliphatic heterocycles. The van der Waals surface area contributed by atoms with Crippen LogP contribution in [0.4, 0.5) is 0 Å². The Bertz CT molecular complexity index is 775. The van der Waals surface area contributed by atoms with Gasteiger partial charge >= 0.3 is 29.3 Å². The van der Waals surface area contributed by atoms with Crippen LogP contribution < -0.4 is 0 Å². The van der Waals surface area contributed by atoms with E-state index in [2.05, 4.69) is 41.5 Å². The fraction of sp³-hybridized carbons (Fsp3) is 0.462. The molecule has 34 heavy (non-hydrogen) atoms. The maximum Gasteiger partial charge on any atom is 3.00 e. The van der Waals surface area contributed by atoms with Crippen LogP contribution in [0.1, 0.15) is 89.5 Å². The van der Waals surface area contributed by atoms with Gasteiger partial charge in [-0.3, -0.25) is 9.59 Å². The molecule has 0 fully saturated rings. The molecule has 188 valence electrons. The van der Waals surface area contributed by atoms with Crippen molar-refractivity contribution in [3.8, 4) is 0 Å². The predicted octanol–water partition coefficient (Wildman–Crippen LogP) is 5.43. The van der Waals surface area contributed by atoms with Gasteiger partial charge in [0.25, 0.3) is 0 Å². The molecule has 2 aromatic rings. The van der Waals surface area contributed by atoms with Crippen LogP contribution in [0.5, 0.6) is 0 Å². The molecule has 0 aliphatic rings. The van der Waals surface area contributed by atoms with Crippen molar-refractivity contribution in [2.24, 2.45) is 0 Å². The molecular weight excluding hydrogens is 451 g/mol. The molecule has 2 rings (SSSR count). The minimum atomic E-state index is -0.779. The molecule has 8 heteroatoms. The van der Waals surface area contributed by atoms with Gasteiger partial charge in [-0.1, -0.05) is 90.1 Å². The van der Waals surface area contributed by atoms with Crippen molar-refractivity contribution >= 4 is 29.3 Å². The van der Waals surface area contributed by atoms with Crippen molar-refractivity contribution in [2.45, 2.75) is 78.1 Å². The number of hydrogen-bond acceptors (Lipinski definition) is 5. The van der Waals surface area contributed by atoms with Gasteiger partial charge in [-0.15, -0.1) is 0 Å². The van der Waals surface area contributed by atoms with Crippen molar-refractivity contribution < 1.29 is 36.2 Å². The molecule has 0 saturated carbocycles. The summed E-state index contributed by atoms with van der Waals surface area (Å²) in [5.74, 6) is -2.42. The molecule has 0 bridgehead atoms. The molecule has 2 aromatic carbocycles. The first kappa shape index (κ1) is 39.0. The van der Waals surface area contributed by atoms with Crippen LogP contribution in [0.2, 0.25) is 0 Å². The van der Waals surface area contributed by atoms with E-state index in [1.807, 2.05) is 48.5 Å². The van der Waals surface area contributed by atoms with Crippen LogP contribution >= 0.6 is 0 Å². The molecule has 0 amide bonds. The van der Waals surface area contributed by atoms with Gasteiger partial charge in [0, 0.05) is 0 Å². The maximum absolute atomic E-state index is 10.8. The standard InChI is InChI=1S/2C13H18O2.Al.3H2O/c2*1-9(12(14)15)10-5-7-11(8-6-10)13(2,3)4;;;;/h2*5-9H,1-4H3,(H,14,15);;3*1H2/q;;+3;;;/p-3. The summed E-state index contributed by atoms with van der Waals surface area (Å²) in [6, 6.07) is 15.6. The maximum atomic E-state index is 10.8. The van der Waals surface area contributed by atoms with E-state index in [4.69, 9.17) is 10.2 Å². The number of rotatable bonds is 4. The Morgan fingerprint density at radius 2 is 0.794 bits per heavy atom. The number of carboxylic acid groups (broad SMARTS) is 2. The third-order valence-corrected chi connectivity index (χ3v) is 5.29. The second kappa shape index (κ2) is 15.6. The van der Waals surface area contributed by atoms with Gasteiger partial charge in [-0.25, -0.2) is 0 Å².